The summed E-state index contributed by atoms with van der Waals surface area (Å²) in [5.74, 6) is -4.71. The third-order valence-corrected chi connectivity index (χ3v) is 6.51. The van der Waals surface area contributed by atoms with E-state index in [4.69, 9.17) is 24.8 Å². The highest BCUT2D eigenvalue weighted by molar-refractivity contribution is 5.74. The normalized spacial score (nSPS) is 16.5. The molecule has 1 fully saturated rings. The van der Waals surface area contributed by atoms with E-state index in [-0.39, 0.29) is 17.4 Å². The average Bonchev–Trinajstić information content (AvgIpc) is 3.31. The molecular weight excluding hydrogens is 571 g/mol. The number of imidazole rings is 1. The summed E-state index contributed by atoms with van der Waals surface area (Å²) >= 11 is 0. The molecule has 228 valence electrons. The van der Waals surface area contributed by atoms with Crippen LogP contribution in [0.5, 0.6) is 0 Å². The first-order chi connectivity index (χ1) is 18.8. The third kappa shape index (κ3) is 8.08. The van der Waals surface area contributed by atoms with Crippen molar-refractivity contribution in [2.24, 2.45) is 0 Å². The minimum Gasteiger partial charge on any atom is -0.475 e. The number of carbonyl (C=O) groups excluding carboxylic acids is 1. The van der Waals surface area contributed by atoms with Gasteiger partial charge in [-0.25, -0.2) is 23.8 Å². The summed E-state index contributed by atoms with van der Waals surface area (Å²) in [5, 5.41) is 14.2. The van der Waals surface area contributed by atoms with Gasteiger partial charge in [0.1, 0.15) is 11.6 Å². The molecule has 2 aromatic rings. The van der Waals surface area contributed by atoms with Gasteiger partial charge in [-0.05, 0) is 32.0 Å². The van der Waals surface area contributed by atoms with E-state index in [0.717, 1.165) is 43.0 Å². The van der Waals surface area contributed by atoms with Crippen molar-refractivity contribution in [2.45, 2.75) is 37.3 Å². The van der Waals surface area contributed by atoms with E-state index in [0.29, 0.717) is 13.1 Å². The maximum absolute atomic E-state index is 13.7. The highest BCUT2D eigenvalue weighted by Gasteiger charge is 2.46. The predicted molar refractivity (Wildman–Crippen MR) is 129 cm³/mol. The second-order valence-electron chi connectivity index (χ2n) is 9.35. The van der Waals surface area contributed by atoms with Crippen LogP contribution in [0.2, 0.25) is 0 Å². The Bertz CT molecular complexity index is 1210. The zero-order valence-electron chi connectivity index (χ0n) is 22.1. The number of alkyl halides is 6. The van der Waals surface area contributed by atoms with Crippen molar-refractivity contribution in [2.75, 3.05) is 40.8 Å². The van der Waals surface area contributed by atoms with Crippen LogP contribution in [-0.4, -0.2) is 106 Å². The Morgan fingerprint density at radius 2 is 1.44 bits per heavy atom. The monoisotopic (exact) mass is 599 g/mol. The Labute approximate surface area is 229 Å². The van der Waals surface area contributed by atoms with Gasteiger partial charge in [-0.15, -0.1) is 0 Å². The molecule has 1 spiro atoms. The molecule has 1 saturated heterocycles. The fourth-order valence-corrected chi connectivity index (χ4v) is 4.44. The van der Waals surface area contributed by atoms with Crippen LogP contribution in [0.25, 0.3) is 11.3 Å². The molecule has 0 unspecified atom stereocenters. The number of likely N-dealkylation sites (N-methyl/N-ethyl adjacent to an activating group) is 1. The quantitative estimate of drug-likeness (QED) is 0.478. The smallest absolute Gasteiger partial charge is 0.475 e. The first-order valence-corrected chi connectivity index (χ1v) is 11.9. The Balaban J connectivity index is 0.000000349. The number of carboxylic acids is 2. The lowest BCUT2D eigenvalue weighted by molar-refractivity contribution is -0.193. The number of likely N-dealkylation sites (tertiary alicyclic amines) is 1. The van der Waals surface area contributed by atoms with Gasteiger partial charge in [0.15, 0.2) is 0 Å². The van der Waals surface area contributed by atoms with Gasteiger partial charge in [0.05, 0.1) is 17.4 Å². The lowest BCUT2D eigenvalue weighted by Crippen LogP contribution is -2.57. The van der Waals surface area contributed by atoms with E-state index in [9.17, 15) is 35.5 Å². The zero-order valence-corrected chi connectivity index (χ0v) is 22.1. The minimum absolute atomic E-state index is 0.0621. The van der Waals surface area contributed by atoms with E-state index in [1.165, 1.54) is 6.07 Å². The van der Waals surface area contributed by atoms with Gasteiger partial charge in [0, 0.05) is 45.8 Å². The molecule has 1 aromatic carbocycles. The number of aromatic nitrogens is 2. The molecule has 4 rings (SSSR count). The number of urea groups is 1. The highest BCUT2D eigenvalue weighted by Crippen LogP contribution is 2.41. The molecule has 2 aliphatic heterocycles. The molecule has 1 aromatic heterocycles. The molecule has 0 aliphatic carbocycles. The van der Waals surface area contributed by atoms with Gasteiger partial charge in [-0.2, -0.15) is 26.3 Å². The molecule has 2 N–H and O–H groups in total. The number of rotatable bonds is 1. The van der Waals surface area contributed by atoms with Crippen molar-refractivity contribution in [3.05, 3.63) is 42.1 Å². The van der Waals surface area contributed by atoms with Gasteiger partial charge in [-0.1, -0.05) is 12.1 Å². The summed E-state index contributed by atoms with van der Waals surface area (Å²) in [5.41, 5.74) is 1.64. The number of amides is 2. The van der Waals surface area contributed by atoms with Crippen LogP contribution in [0.3, 0.4) is 0 Å². The Morgan fingerprint density at radius 3 is 1.88 bits per heavy atom. The van der Waals surface area contributed by atoms with E-state index in [1.54, 1.807) is 31.1 Å². The molecule has 0 atom stereocenters. The molecule has 10 nitrogen and oxygen atoms in total. The van der Waals surface area contributed by atoms with Crippen LogP contribution in [0.15, 0.2) is 30.5 Å². The van der Waals surface area contributed by atoms with Crippen molar-refractivity contribution in [3.63, 3.8) is 0 Å². The van der Waals surface area contributed by atoms with Gasteiger partial charge in [0.2, 0.25) is 0 Å². The van der Waals surface area contributed by atoms with Crippen LogP contribution in [-0.2, 0) is 21.7 Å². The second-order valence-corrected chi connectivity index (χ2v) is 9.35. The lowest BCUT2D eigenvalue weighted by Gasteiger charge is -2.49. The Kier molecular flexibility index (Phi) is 10.4. The third-order valence-electron chi connectivity index (χ3n) is 6.51. The topological polar surface area (TPSA) is 119 Å². The number of benzene rings is 1. The van der Waals surface area contributed by atoms with Crippen molar-refractivity contribution >= 4 is 18.0 Å². The number of carboxylic acid groups (broad SMARTS) is 2. The van der Waals surface area contributed by atoms with Crippen molar-refractivity contribution in [1.82, 2.24) is 24.3 Å². The number of hydrogen-bond acceptors (Lipinski definition) is 5. The second kappa shape index (κ2) is 12.7. The van der Waals surface area contributed by atoms with Gasteiger partial charge < -0.3 is 24.6 Å². The fourth-order valence-electron chi connectivity index (χ4n) is 4.44. The molecule has 0 bridgehead atoms. The van der Waals surface area contributed by atoms with Gasteiger partial charge in [-0.3, -0.25) is 4.90 Å². The predicted octanol–water partition coefficient (Wildman–Crippen LogP) is 3.87. The maximum atomic E-state index is 13.7. The van der Waals surface area contributed by atoms with Crippen molar-refractivity contribution in [1.29, 1.82) is 0 Å². The number of piperidine rings is 1. The molecule has 0 radical (unpaired) electrons. The average molecular weight is 600 g/mol. The van der Waals surface area contributed by atoms with E-state index in [2.05, 4.69) is 16.5 Å². The molecule has 0 saturated carbocycles. The van der Waals surface area contributed by atoms with Gasteiger partial charge >= 0.3 is 30.3 Å². The number of aliphatic carboxylic acids is 2. The summed E-state index contributed by atoms with van der Waals surface area (Å²) in [6.07, 6.45) is -6.60. The Hall–Kier alpha value is -3.89. The van der Waals surface area contributed by atoms with E-state index in [1.807, 2.05) is 17.2 Å². The zero-order chi connectivity index (χ0) is 31.3. The number of carbonyl (C=O) groups is 3. The van der Waals surface area contributed by atoms with Crippen molar-refractivity contribution < 1.29 is 55.3 Å². The summed E-state index contributed by atoms with van der Waals surface area (Å²) < 4.78 is 79.4. The summed E-state index contributed by atoms with van der Waals surface area (Å²) in [4.78, 5) is 40.8. The summed E-state index contributed by atoms with van der Waals surface area (Å²) in [6.45, 7) is 3.17. The number of fused-ring (bicyclic) bond motifs is 2. The molecule has 2 amide bonds. The lowest BCUT2D eigenvalue weighted by atomic mass is 9.83. The van der Waals surface area contributed by atoms with Crippen molar-refractivity contribution in [3.8, 4) is 11.3 Å². The van der Waals surface area contributed by atoms with Crippen LogP contribution < -0.4 is 0 Å². The molecule has 3 heterocycles. The first-order valence-electron chi connectivity index (χ1n) is 11.9. The van der Waals surface area contributed by atoms with E-state index < -0.39 is 24.3 Å². The van der Waals surface area contributed by atoms with Crippen LogP contribution >= 0.6 is 0 Å². The minimum atomic E-state index is -5.08. The number of halogens is 7. The molecule has 41 heavy (non-hydrogen) atoms. The van der Waals surface area contributed by atoms with E-state index >= 15 is 0 Å². The molecular formula is C24H28F7N5O5. The van der Waals surface area contributed by atoms with Crippen LogP contribution in [0.4, 0.5) is 35.5 Å². The molecule has 17 heteroatoms. The Morgan fingerprint density at radius 1 is 0.927 bits per heavy atom. The fraction of sp³-hybridized carbons (Fsp3) is 0.500. The largest absolute Gasteiger partial charge is 0.490 e. The van der Waals surface area contributed by atoms with Crippen LogP contribution in [0.1, 0.15) is 18.7 Å². The summed E-state index contributed by atoms with van der Waals surface area (Å²) in [6, 6.07) is 6.75. The highest BCUT2D eigenvalue weighted by atomic mass is 19.4. The first kappa shape index (κ1) is 33.3. The molecule has 2 aliphatic rings. The number of hydrogen-bond donors (Lipinski definition) is 2. The number of nitrogens with zero attached hydrogens (tertiary/aromatic N) is 5. The van der Waals surface area contributed by atoms with Crippen LogP contribution in [0, 0.1) is 5.82 Å². The maximum Gasteiger partial charge on any atom is 0.490 e. The van der Waals surface area contributed by atoms with Gasteiger partial charge in [0.25, 0.3) is 0 Å². The summed E-state index contributed by atoms with van der Waals surface area (Å²) in [7, 11) is 5.72. The standard InChI is InChI=1S/C20H26FN5O.2C2HF3O2/c1-23(2)19(27)25-9-7-20(8-10-25)18-22-14-17(26(18)12-11-24(20)3)15-5-4-6-16(21)13-15;2*3-2(4,5)1(6)7/h4-6,13-14H,7-12H2,1-3H3;2*(H,6,7). The SMILES string of the molecule is CN(C)C(=O)N1CCC2(CC1)c1ncc(-c3cccc(F)c3)n1CCN2C.O=C(O)C(F)(F)F.O=C(O)C(F)(F)F.